The molecule has 2 unspecified atom stereocenters. The van der Waals surface area contributed by atoms with Gasteiger partial charge >= 0.3 is 0 Å². The van der Waals surface area contributed by atoms with Gasteiger partial charge in [-0.25, -0.2) is 0 Å². The van der Waals surface area contributed by atoms with Crippen molar-refractivity contribution in [3.8, 4) is 5.75 Å². The van der Waals surface area contributed by atoms with Gasteiger partial charge in [-0.05, 0) is 25.1 Å². The van der Waals surface area contributed by atoms with Crippen LogP contribution < -0.4 is 9.64 Å². The van der Waals surface area contributed by atoms with E-state index in [9.17, 15) is 0 Å². The normalized spacial score (nSPS) is 18.3. The Hall–Kier alpha value is -2.10. The molecule has 116 valence electrons. The van der Waals surface area contributed by atoms with E-state index in [1.165, 1.54) is 10.5 Å². The summed E-state index contributed by atoms with van der Waals surface area (Å²) in [4.78, 5) is 5.84. The maximum atomic E-state index is 6.43. The third-order valence-corrected chi connectivity index (χ3v) is 4.92. The van der Waals surface area contributed by atoms with E-state index in [0.717, 1.165) is 33.8 Å². The molecule has 2 aromatic carbocycles. The van der Waals surface area contributed by atoms with Crippen LogP contribution in [0.1, 0.15) is 24.1 Å². The number of nitrogens with zero attached hydrogens (tertiary/aromatic N) is 1. The van der Waals surface area contributed by atoms with E-state index >= 15 is 0 Å². The summed E-state index contributed by atoms with van der Waals surface area (Å²) in [5.41, 5.74) is 3.31. The number of hydrogen-bond acceptors (Lipinski definition) is 2. The number of quaternary nitrogens is 1. The van der Waals surface area contributed by atoms with Crippen LogP contribution in [0, 0.1) is 0 Å². The lowest BCUT2D eigenvalue weighted by Crippen LogP contribution is -3.12. The van der Waals surface area contributed by atoms with E-state index in [-0.39, 0.29) is 0 Å². The lowest BCUT2D eigenvalue weighted by atomic mass is 10.0. The smallest absolute Gasteiger partial charge is 0.223 e. The molecule has 2 heterocycles. The number of pyridine rings is 1. The van der Waals surface area contributed by atoms with E-state index < -0.39 is 0 Å². The van der Waals surface area contributed by atoms with E-state index in [1.807, 2.05) is 24.3 Å². The van der Waals surface area contributed by atoms with Crippen LogP contribution in [0.4, 0.5) is 0 Å². The first-order valence-electron chi connectivity index (χ1n) is 7.82. The Balaban J connectivity index is 1.70. The molecular formula is C19H18ClN2O+. The highest BCUT2D eigenvalue weighted by molar-refractivity contribution is 6.35. The fraction of sp³-hybridized carbons (Fsp3) is 0.211. The molecule has 0 spiro atoms. The second-order valence-corrected chi connectivity index (χ2v) is 6.41. The average Bonchev–Trinajstić information content (AvgIpc) is 2.61. The van der Waals surface area contributed by atoms with Gasteiger partial charge < -0.3 is 4.74 Å². The maximum absolute atomic E-state index is 6.43. The van der Waals surface area contributed by atoms with Crippen LogP contribution in [0.25, 0.3) is 10.9 Å². The first-order valence-corrected chi connectivity index (χ1v) is 8.20. The van der Waals surface area contributed by atoms with E-state index in [2.05, 4.69) is 36.2 Å². The minimum atomic E-state index is 0.363. The first-order chi connectivity index (χ1) is 11.2. The second kappa shape index (κ2) is 5.84. The topological polar surface area (TPSA) is 26.6 Å². The Kier molecular flexibility index (Phi) is 3.68. The number of benzene rings is 2. The molecule has 0 amide bonds. The van der Waals surface area contributed by atoms with Crippen molar-refractivity contribution < 1.29 is 9.64 Å². The van der Waals surface area contributed by atoms with Crippen LogP contribution in [0.3, 0.4) is 0 Å². The zero-order valence-corrected chi connectivity index (χ0v) is 13.7. The number of fused-ring (bicyclic) bond motifs is 3. The molecule has 0 bridgehead atoms. The van der Waals surface area contributed by atoms with Crippen molar-refractivity contribution in [2.45, 2.75) is 19.5 Å². The first kappa shape index (κ1) is 14.5. The van der Waals surface area contributed by atoms with Gasteiger partial charge in [0.25, 0.3) is 0 Å². The highest BCUT2D eigenvalue weighted by atomic mass is 35.5. The quantitative estimate of drug-likeness (QED) is 0.782. The molecule has 3 nitrogen and oxygen atoms in total. The minimum Gasteiger partial charge on any atom is -0.442 e. The van der Waals surface area contributed by atoms with Crippen LogP contribution in [-0.2, 0) is 6.54 Å². The molecule has 4 heteroatoms. The molecule has 2 atom stereocenters. The number of halogens is 1. The Morgan fingerprint density at radius 2 is 2.00 bits per heavy atom. The summed E-state index contributed by atoms with van der Waals surface area (Å²) < 4.78 is 6.09. The van der Waals surface area contributed by atoms with Crippen LogP contribution in [0.15, 0.2) is 54.7 Å². The van der Waals surface area contributed by atoms with Crippen molar-refractivity contribution >= 4 is 22.5 Å². The van der Waals surface area contributed by atoms with Crippen molar-refractivity contribution in [1.82, 2.24) is 4.98 Å². The molecular weight excluding hydrogens is 308 g/mol. The van der Waals surface area contributed by atoms with E-state index in [1.54, 1.807) is 6.20 Å². The summed E-state index contributed by atoms with van der Waals surface area (Å²) in [7, 11) is 0. The third-order valence-electron chi connectivity index (χ3n) is 4.60. The van der Waals surface area contributed by atoms with Crippen molar-refractivity contribution in [3.05, 3.63) is 70.9 Å². The van der Waals surface area contributed by atoms with Crippen LogP contribution in [-0.4, -0.2) is 11.7 Å². The monoisotopic (exact) mass is 325 g/mol. The lowest BCUT2D eigenvalue weighted by Gasteiger charge is -2.31. The summed E-state index contributed by atoms with van der Waals surface area (Å²) in [5.74, 6) is 0.883. The number of ether oxygens (including phenoxy) is 1. The van der Waals surface area contributed by atoms with Crippen LogP contribution in [0.5, 0.6) is 5.75 Å². The second-order valence-electron chi connectivity index (χ2n) is 6.00. The van der Waals surface area contributed by atoms with E-state index in [4.69, 9.17) is 16.3 Å². The number of hydrogen-bond donors (Lipinski definition) is 1. The molecule has 0 saturated heterocycles. The molecule has 0 saturated carbocycles. The minimum absolute atomic E-state index is 0.363. The molecule has 1 aliphatic heterocycles. The molecule has 1 aromatic heterocycles. The predicted octanol–water partition coefficient (Wildman–Crippen LogP) is 3.38. The van der Waals surface area contributed by atoms with Crippen molar-refractivity contribution in [3.63, 3.8) is 0 Å². The highest BCUT2D eigenvalue weighted by Crippen LogP contribution is 2.34. The molecule has 1 aliphatic rings. The number of nitrogens with one attached hydrogen (secondary N) is 1. The van der Waals surface area contributed by atoms with Crippen molar-refractivity contribution in [2.24, 2.45) is 0 Å². The molecule has 4 rings (SSSR count). The standard InChI is InChI=1S/C19H17ClN2O/c1-13(14-6-3-2-4-7-14)22-11-15-10-17(20)16-8-5-9-21-18(16)19(15)23-12-22/h2-10,13H,11-12H2,1H3/p+1. The van der Waals surface area contributed by atoms with Gasteiger partial charge in [0.2, 0.25) is 6.73 Å². The molecule has 0 radical (unpaired) electrons. The average molecular weight is 326 g/mol. The van der Waals surface area contributed by atoms with Gasteiger partial charge in [0, 0.05) is 17.1 Å². The van der Waals surface area contributed by atoms with Crippen LogP contribution >= 0.6 is 11.6 Å². The maximum Gasteiger partial charge on any atom is 0.223 e. The Morgan fingerprint density at radius 1 is 1.17 bits per heavy atom. The van der Waals surface area contributed by atoms with Gasteiger partial charge in [-0.3, -0.25) is 9.88 Å². The zero-order valence-electron chi connectivity index (χ0n) is 12.9. The summed E-state index contributed by atoms with van der Waals surface area (Å²) in [5, 5.41) is 1.69. The van der Waals surface area contributed by atoms with E-state index in [0.29, 0.717) is 12.8 Å². The summed E-state index contributed by atoms with van der Waals surface area (Å²) >= 11 is 6.43. The zero-order chi connectivity index (χ0) is 15.8. The summed E-state index contributed by atoms with van der Waals surface area (Å²) in [6, 6.07) is 16.8. The fourth-order valence-corrected chi connectivity index (χ4v) is 3.52. The SMILES string of the molecule is CC(c1ccccc1)[NH+]1COc2c(cc(Cl)c3cccnc23)C1. The molecule has 3 aromatic rings. The molecule has 0 fully saturated rings. The number of aromatic nitrogens is 1. The lowest BCUT2D eigenvalue weighted by molar-refractivity contribution is -0.960. The Labute approximate surface area is 140 Å². The van der Waals surface area contributed by atoms with Crippen molar-refractivity contribution in [2.75, 3.05) is 6.73 Å². The van der Waals surface area contributed by atoms with Gasteiger partial charge in [-0.15, -0.1) is 0 Å². The van der Waals surface area contributed by atoms with Gasteiger partial charge in [-0.1, -0.05) is 41.9 Å². The van der Waals surface area contributed by atoms with Gasteiger partial charge in [0.05, 0.1) is 10.6 Å². The molecule has 0 aliphatic carbocycles. The molecule has 23 heavy (non-hydrogen) atoms. The Morgan fingerprint density at radius 3 is 2.83 bits per heavy atom. The van der Waals surface area contributed by atoms with Gasteiger partial charge in [0.1, 0.15) is 18.1 Å². The van der Waals surface area contributed by atoms with Crippen LogP contribution in [0.2, 0.25) is 5.02 Å². The third kappa shape index (κ3) is 2.56. The predicted molar refractivity (Wildman–Crippen MR) is 91.8 cm³/mol. The fourth-order valence-electron chi connectivity index (χ4n) is 3.24. The number of rotatable bonds is 2. The highest BCUT2D eigenvalue weighted by Gasteiger charge is 2.28. The molecule has 1 N–H and O–H groups in total. The largest absolute Gasteiger partial charge is 0.442 e. The van der Waals surface area contributed by atoms with Gasteiger partial charge in [0.15, 0.2) is 5.75 Å². The Bertz CT molecular complexity index is 851. The summed E-state index contributed by atoms with van der Waals surface area (Å²) in [6.45, 7) is 3.76. The summed E-state index contributed by atoms with van der Waals surface area (Å²) in [6.07, 6.45) is 1.79. The van der Waals surface area contributed by atoms with Crippen molar-refractivity contribution in [1.29, 1.82) is 0 Å². The van der Waals surface area contributed by atoms with Gasteiger partial charge in [-0.2, -0.15) is 0 Å².